The molecule has 1 aromatic heterocycles. The van der Waals surface area contributed by atoms with Crippen molar-refractivity contribution in [3.63, 3.8) is 0 Å². The molecular weight excluding hydrogens is 298 g/mol. The molecule has 2 saturated heterocycles. The maximum atomic E-state index is 12.2. The minimum Gasteiger partial charge on any atom is -0.368 e. The molecule has 1 N–H and O–H groups in total. The molecule has 0 spiro atoms. The molecule has 0 aliphatic carbocycles. The molecular formula is C16H25N3O2S. The van der Waals surface area contributed by atoms with Gasteiger partial charge in [0, 0.05) is 44.2 Å². The molecule has 0 bridgehead atoms. The summed E-state index contributed by atoms with van der Waals surface area (Å²) in [7, 11) is 2.16. The first-order chi connectivity index (χ1) is 10.7. The van der Waals surface area contributed by atoms with Gasteiger partial charge in [0.15, 0.2) is 0 Å². The number of carbonyl (C=O) groups excluding carboxylic acids is 1. The van der Waals surface area contributed by atoms with Crippen LogP contribution in [-0.2, 0) is 9.53 Å². The Balaban J connectivity index is 1.60. The van der Waals surface area contributed by atoms with Gasteiger partial charge in [-0.25, -0.2) is 0 Å². The molecule has 122 valence electrons. The number of amides is 1. The number of nitrogens with one attached hydrogen (secondary N) is 1. The van der Waals surface area contributed by atoms with E-state index < -0.39 is 0 Å². The SMILES string of the molecule is CN1CCN([C@@H](CNC(=O)[C@H]2CCCO2)c2cccs2)CC1. The molecule has 5 nitrogen and oxygen atoms in total. The summed E-state index contributed by atoms with van der Waals surface area (Å²) in [5.41, 5.74) is 0. The van der Waals surface area contributed by atoms with Crippen molar-refractivity contribution in [1.82, 2.24) is 15.1 Å². The highest BCUT2D eigenvalue weighted by atomic mass is 32.1. The number of ether oxygens (including phenoxy) is 1. The highest BCUT2D eigenvalue weighted by molar-refractivity contribution is 7.10. The fourth-order valence-electron chi connectivity index (χ4n) is 3.12. The van der Waals surface area contributed by atoms with E-state index in [0.29, 0.717) is 13.2 Å². The molecule has 6 heteroatoms. The quantitative estimate of drug-likeness (QED) is 0.888. The van der Waals surface area contributed by atoms with Crippen molar-refractivity contribution in [3.8, 4) is 0 Å². The second-order valence-electron chi connectivity index (χ2n) is 6.12. The van der Waals surface area contributed by atoms with E-state index in [1.165, 1.54) is 4.88 Å². The van der Waals surface area contributed by atoms with Crippen molar-refractivity contribution in [2.45, 2.75) is 25.0 Å². The van der Waals surface area contributed by atoms with Crippen LogP contribution in [0.4, 0.5) is 0 Å². The number of likely N-dealkylation sites (N-methyl/N-ethyl adjacent to an activating group) is 1. The van der Waals surface area contributed by atoms with Crippen LogP contribution in [0.25, 0.3) is 0 Å². The molecule has 2 atom stereocenters. The summed E-state index contributed by atoms with van der Waals surface area (Å²) in [5.74, 6) is 0.0492. The summed E-state index contributed by atoms with van der Waals surface area (Å²) >= 11 is 1.77. The molecule has 2 aliphatic heterocycles. The average Bonchev–Trinajstić information content (AvgIpc) is 3.22. The topological polar surface area (TPSA) is 44.8 Å². The van der Waals surface area contributed by atoms with E-state index in [2.05, 4.69) is 39.7 Å². The Labute approximate surface area is 136 Å². The molecule has 0 aromatic carbocycles. The van der Waals surface area contributed by atoms with Gasteiger partial charge in [0.05, 0.1) is 6.04 Å². The van der Waals surface area contributed by atoms with Gasteiger partial charge >= 0.3 is 0 Å². The summed E-state index contributed by atoms with van der Waals surface area (Å²) in [5, 5.41) is 5.22. The van der Waals surface area contributed by atoms with Crippen LogP contribution in [0.15, 0.2) is 17.5 Å². The largest absolute Gasteiger partial charge is 0.368 e. The van der Waals surface area contributed by atoms with Gasteiger partial charge in [-0.05, 0) is 31.3 Å². The molecule has 2 fully saturated rings. The van der Waals surface area contributed by atoms with Crippen LogP contribution in [0.2, 0.25) is 0 Å². The lowest BCUT2D eigenvalue weighted by Crippen LogP contribution is -2.49. The van der Waals surface area contributed by atoms with E-state index in [1.807, 2.05) is 0 Å². The van der Waals surface area contributed by atoms with E-state index >= 15 is 0 Å². The lowest BCUT2D eigenvalue weighted by Gasteiger charge is -2.37. The van der Waals surface area contributed by atoms with E-state index in [1.54, 1.807) is 11.3 Å². The van der Waals surface area contributed by atoms with Crippen LogP contribution >= 0.6 is 11.3 Å². The highest BCUT2D eigenvalue weighted by Gasteiger charge is 2.28. The summed E-state index contributed by atoms with van der Waals surface area (Å²) in [6.07, 6.45) is 1.60. The Morgan fingerprint density at radius 3 is 2.91 bits per heavy atom. The smallest absolute Gasteiger partial charge is 0.249 e. The zero-order valence-electron chi connectivity index (χ0n) is 13.2. The maximum absolute atomic E-state index is 12.2. The number of carbonyl (C=O) groups is 1. The fraction of sp³-hybridized carbons (Fsp3) is 0.688. The molecule has 0 unspecified atom stereocenters. The number of nitrogens with zero attached hydrogens (tertiary/aromatic N) is 2. The molecule has 0 radical (unpaired) electrons. The summed E-state index contributed by atoms with van der Waals surface area (Å²) in [6, 6.07) is 4.54. The second-order valence-corrected chi connectivity index (χ2v) is 7.10. The predicted octanol–water partition coefficient (Wildman–Crippen LogP) is 1.33. The lowest BCUT2D eigenvalue weighted by atomic mass is 10.1. The Morgan fingerprint density at radius 1 is 1.45 bits per heavy atom. The van der Waals surface area contributed by atoms with Gasteiger partial charge in [-0.1, -0.05) is 6.07 Å². The van der Waals surface area contributed by atoms with Gasteiger partial charge in [0.1, 0.15) is 6.10 Å². The number of hydrogen-bond acceptors (Lipinski definition) is 5. The van der Waals surface area contributed by atoms with Crippen molar-refractivity contribution < 1.29 is 9.53 Å². The standard InChI is InChI=1S/C16H25N3O2S/c1-18-6-8-19(9-7-18)13(15-5-3-11-22-15)12-17-16(20)14-4-2-10-21-14/h3,5,11,13-14H,2,4,6-10,12H2,1H3,(H,17,20)/t13-,14+/m0/s1. The Hall–Kier alpha value is -0.950. The highest BCUT2D eigenvalue weighted by Crippen LogP contribution is 2.25. The first-order valence-corrected chi connectivity index (χ1v) is 8.97. The zero-order chi connectivity index (χ0) is 15.4. The second kappa shape index (κ2) is 7.55. The predicted molar refractivity (Wildman–Crippen MR) is 88.1 cm³/mol. The fourth-order valence-corrected chi connectivity index (χ4v) is 3.98. The van der Waals surface area contributed by atoms with Crippen LogP contribution in [0.1, 0.15) is 23.8 Å². The Morgan fingerprint density at radius 2 is 2.27 bits per heavy atom. The van der Waals surface area contributed by atoms with Crippen LogP contribution in [0.5, 0.6) is 0 Å². The number of rotatable bonds is 5. The van der Waals surface area contributed by atoms with Crippen LogP contribution in [0.3, 0.4) is 0 Å². The molecule has 0 saturated carbocycles. The van der Waals surface area contributed by atoms with E-state index in [9.17, 15) is 4.79 Å². The first-order valence-electron chi connectivity index (χ1n) is 8.09. The van der Waals surface area contributed by atoms with Crippen molar-refractivity contribution in [2.75, 3.05) is 46.4 Å². The molecule has 3 rings (SSSR count). The van der Waals surface area contributed by atoms with Crippen molar-refractivity contribution in [2.24, 2.45) is 0 Å². The maximum Gasteiger partial charge on any atom is 0.249 e. The van der Waals surface area contributed by atoms with Crippen LogP contribution < -0.4 is 5.32 Å². The van der Waals surface area contributed by atoms with E-state index in [-0.39, 0.29) is 18.1 Å². The molecule has 3 heterocycles. The van der Waals surface area contributed by atoms with E-state index in [0.717, 1.165) is 39.0 Å². The number of thiophene rings is 1. The first kappa shape index (κ1) is 15.9. The minimum absolute atomic E-state index is 0.0492. The third-order valence-electron chi connectivity index (χ3n) is 4.54. The minimum atomic E-state index is -0.239. The van der Waals surface area contributed by atoms with Gasteiger partial charge in [0.25, 0.3) is 0 Å². The molecule has 1 aromatic rings. The van der Waals surface area contributed by atoms with Crippen molar-refractivity contribution in [3.05, 3.63) is 22.4 Å². The number of hydrogen-bond donors (Lipinski definition) is 1. The lowest BCUT2D eigenvalue weighted by molar-refractivity contribution is -0.130. The van der Waals surface area contributed by atoms with Gasteiger partial charge in [-0.2, -0.15) is 0 Å². The average molecular weight is 323 g/mol. The number of piperazine rings is 1. The van der Waals surface area contributed by atoms with Gasteiger partial charge in [-0.3, -0.25) is 9.69 Å². The summed E-state index contributed by atoms with van der Waals surface area (Å²) in [6.45, 7) is 5.65. The molecule has 2 aliphatic rings. The third kappa shape index (κ3) is 3.87. The van der Waals surface area contributed by atoms with Crippen LogP contribution in [0, 0.1) is 0 Å². The molecule has 22 heavy (non-hydrogen) atoms. The third-order valence-corrected chi connectivity index (χ3v) is 5.52. The van der Waals surface area contributed by atoms with Crippen LogP contribution in [-0.4, -0.2) is 68.2 Å². The van der Waals surface area contributed by atoms with Gasteiger partial charge in [-0.15, -0.1) is 11.3 Å². The monoisotopic (exact) mass is 323 g/mol. The molecule has 1 amide bonds. The Kier molecular flexibility index (Phi) is 5.46. The van der Waals surface area contributed by atoms with Crippen molar-refractivity contribution in [1.29, 1.82) is 0 Å². The summed E-state index contributed by atoms with van der Waals surface area (Å²) < 4.78 is 5.47. The summed E-state index contributed by atoms with van der Waals surface area (Å²) in [4.78, 5) is 18.4. The van der Waals surface area contributed by atoms with Crippen molar-refractivity contribution >= 4 is 17.2 Å². The van der Waals surface area contributed by atoms with Gasteiger partial charge in [0.2, 0.25) is 5.91 Å². The van der Waals surface area contributed by atoms with Gasteiger partial charge < -0.3 is 15.0 Å². The normalized spacial score (nSPS) is 25.2. The zero-order valence-corrected chi connectivity index (χ0v) is 14.0. The van der Waals surface area contributed by atoms with E-state index in [4.69, 9.17) is 4.74 Å². The Bertz CT molecular complexity index is 466.